The highest BCUT2D eigenvalue weighted by Crippen LogP contribution is 2.15. The van der Waals surface area contributed by atoms with Crippen molar-refractivity contribution in [2.75, 3.05) is 26.2 Å². The second kappa shape index (κ2) is 8.42. The second-order valence-corrected chi connectivity index (χ2v) is 6.61. The SMILES string of the molecule is CCN(CC1CCCNC1)C(=O)CCCc1cccs1. The summed E-state index contributed by atoms with van der Waals surface area (Å²) in [6.07, 6.45) is 5.19. The summed E-state index contributed by atoms with van der Waals surface area (Å²) < 4.78 is 0. The Morgan fingerprint density at radius 1 is 1.55 bits per heavy atom. The summed E-state index contributed by atoms with van der Waals surface area (Å²) in [6.45, 7) is 6.07. The Morgan fingerprint density at radius 3 is 3.10 bits per heavy atom. The zero-order chi connectivity index (χ0) is 14.2. The number of thiophene rings is 1. The number of aryl methyl sites for hydroxylation is 1. The van der Waals surface area contributed by atoms with Gasteiger partial charge in [0.25, 0.3) is 0 Å². The van der Waals surface area contributed by atoms with E-state index in [4.69, 9.17) is 0 Å². The van der Waals surface area contributed by atoms with E-state index in [1.165, 1.54) is 17.7 Å². The molecule has 20 heavy (non-hydrogen) atoms. The number of hydrogen-bond acceptors (Lipinski definition) is 3. The third-order valence-corrected chi connectivity index (χ3v) is 4.94. The summed E-state index contributed by atoms with van der Waals surface area (Å²) in [5.41, 5.74) is 0. The topological polar surface area (TPSA) is 32.3 Å². The zero-order valence-corrected chi connectivity index (χ0v) is 13.3. The van der Waals surface area contributed by atoms with Crippen LogP contribution in [0.2, 0.25) is 0 Å². The van der Waals surface area contributed by atoms with E-state index in [9.17, 15) is 4.79 Å². The number of nitrogens with zero attached hydrogens (tertiary/aromatic N) is 1. The number of rotatable bonds is 7. The molecule has 1 aromatic heterocycles. The fraction of sp³-hybridized carbons (Fsp3) is 0.688. The van der Waals surface area contributed by atoms with Crippen molar-refractivity contribution in [2.24, 2.45) is 5.92 Å². The van der Waals surface area contributed by atoms with Crippen LogP contribution in [0.5, 0.6) is 0 Å². The van der Waals surface area contributed by atoms with E-state index in [1.807, 2.05) is 4.90 Å². The summed E-state index contributed by atoms with van der Waals surface area (Å²) in [5.74, 6) is 0.972. The van der Waals surface area contributed by atoms with Gasteiger partial charge in [0.1, 0.15) is 0 Å². The van der Waals surface area contributed by atoms with Gasteiger partial charge in [-0.15, -0.1) is 11.3 Å². The van der Waals surface area contributed by atoms with Crippen LogP contribution in [0.25, 0.3) is 0 Å². The van der Waals surface area contributed by atoms with E-state index in [1.54, 1.807) is 11.3 Å². The molecule has 0 bridgehead atoms. The molecule has 0 saturated carbocycles. The van der Waals surface area contributed by atoms with Gasteiger partial charge in [0.2, 0.25) is 5.91 Å². The monoisotopic (exact) mass is 294 g/mol. The van der Waals surface area contributed by atoms with Crippen LogP contribution in [-0.4, -0.2) is 37.0 Å². The maximum atomic E-state index is 12.3. The molecule has 0 aromatic carbocycles. The first-order valence-electron chi connectivity index (χ1n) is 7.80. The minimum absolute atomic E-state index is 0.328. The average molecular weight is 294 g/mol. The van der Waals surface area contributed by atoms with Crippen molar-refractivity contribution < 1.29 is 4.79 Å². The number of carbonyl (C=O) groups is 1. The highest BCUT2D eigenvalue weighted by Gasteiger charge is 2.19. The van der Waals surface area contributed by atoms with Gasteiger partial charge in [0.15, 0.2) is 0 Å². The molecule has 0 radical (unpaired) electrons. The number of carbonyl (C=O) groups excluding carboxylic acids is 1. The first-order valence-corrected chi connectivity index (χ1v) is 8.68. The average Bonchev–Trinajstić information content (AvgIpc) is 2.99. The molecule has 1 atom stereocenters. The molecule has 112 valence electrons. The quantitative estimate of drug-likeness (QED) is 0.838. The summed E-state index contributed by atoms with van der Waals surface area (Å²) in [5, 5.41) is 5.53. The number of piperidine rings is 1. The van der Waals surface area contributed by atoms with Crippen LogP contribution in [0.4, 0.5) is 0 Å². The molecule has 1 unspecified atom stereocenters. The molecular formula is C16H26N2OS. The van der Waals surface area contributed by atoms with Crippen molar-refractivity contribution in [1.82, 2.24) is 10.2 Å². The molecule has 2 heterocycles. The normalized spacial score (nSPS) is 18.9. The van der Waals surface area contributed by atoms with Crippen molar-refractivity contribution in [1.29, 1.82) is 0 Å². The largest absolute Gasteiger partial charge is 0.343 e. The highest BCUT2D eigenvalue weighted by molar-refractivity contribution is 7.09. The lowest BCUT2D eigenvalue weighted by Crippen LogP contribution is -2.40. The predicted molar refractivity (Wildman–Crippen MR) is 85.1 cm³/mol. The molecule has 3 nitrogen and oxygen atoms in total. The van der Waals surface area contributed by atoms with Crippen molar-refractivity contribution in [2.45, 2.75) is 39.0 Å². The van der Waals surface area contributed by atoms with Crippen LogP contribution in [0.15, 0.2) is 17.5 Å². The standard InChI is InChI=1S/C16H26N2OS/c1-2-18(13-14-6-4-10-17-12-14)16(19)9-3-7-15-8-5-11-20-15/h5,8,11,14,17H,2-4,6-7,9-10,12-13H2,1H3. The summed E-state index contributed by atoms with van der Waals surface area (Å²) >= 11 is 1.78. The fourth-order valence-electron chi connectivity index (χ4n) is 2.83. The molecule has 1 N–H and O–H groups in total. The Kier molecular flexibility index (Phi) is 6.54. The predicted octanol–water partition coefficient (Wildman–Crippen LogP) is 2.92. The fourth-order valence-corrected chi connectivity index (χ4v) is 3.58. The molecule has 1 aliphatic heterocycles. The Labute approximate surface area is 126 Å². The van der Waals surface area contributed by atoms with Gasteiger partial charge in [-0.2, -0.15) is 0 Å². The lowest BCUT2D eigenvalue weighted by Gasteiger charge is -2.29. The summed E-state index contributed by atoms with van der Waals surface area (Å²) in [4.78, 5) is 15.7. The van der Waals surface area contributed by atoms with Gasteiger partial charge < -0.3 is 10.2 Å². The molecule has 1 aromatic rings. The summed E-state index contributed by atoms with van der Waals surface area (Å²) in [7, 11) is 0. The third-order valence-electron chi connectivity index (χ3n) is 4.01. The van der Waals surface area contributed by atoms with Crippen LogP contribution < -0.4 is 5.32 Å². The van der Waals surface area contributed by atoms with E-state index in [0.29, 0.717) is 18.2 Å². The maximum Gasteiger partial charge on any atom is 0.222 e. The Bertz CT molecular complexity index is 385. The van der Waals surface area contributed by atoms with Crippen molar-refractivity contribution in [3.8, 4) is 0 Å². The van der Waals surface area contributed by atoms with Gasteiger partial charge in [-0.25, -0.2) is 0 Å². The van der Waals surface area contributed by atoms with E-state index in [0.717, 1.165) is 39.0 Å². The Morgan fingerprint density at radius 2 is 2.45 bits per heavy atom. The third kappa shape index (κ3) is 4.91. The van der Waals surface area contributed by atoms with Crippen LogP contribution in [0, 0.1) is 5.92 Å². The molecule has 1 amide bonds. The van der Waals surface area contributed by atoms with Gasteiger partial charge in [-0.3, -0.25) is 4.79 Å². The van der Waals surface area contributed by atoms with E-state index < -0.39 is 0 Å². The molecule has 1 saturated heterocycles. The molecule has 4 heteroatoms. The lowest BCUT2D eigenvalue weighted by atomic mass is 9.99. The molecule has 0 aliphatic carbocycles. The maximum absolute atomic E-state index is 12.3. The lowest BCUT2D eigenvalue weighted by molar-refractivity contribution is -0.131. The van der Waals surface area contributed by atoms with Crippen LogP contribution in [0.3, 0.4) is 0 Å². The smallest absolute Gasteiger partial charge is 0.222 e. The first kappa shape index (κ1) is 15.5. The van der Waals surface area contributed by atoms with E-state index >= 15 is 0 Å². The Hall–Kier alpha value is -0.870. The molecule has 0 spiro atoms. The number of hydrogen-bond donors (Lipinski definition) is 1. The first-order chi connectivity index (χ1) is 9.79. The van der Waals surface area contributed by atoms with Crippen molar-refractivity contribution in [3.63, 3.8) is 0 Å². The molecule has 2 rings (SSSR count). The highest BCUT2D eigenvalue weighted by atomic mass is 32.1. The van der Waals surface area contributed by atoms with E-state index in [-0.39, 0.29) is 0 Å². The zero-order valence-electron chi connectivity index (χ0n) is 12.4. The molecule has 1 fully saturated rings. The van der Waals surface area contributed by atoms with Crippen molar-refractivity contribution >= 4 is 17.2 Å². The van der Waals surface area contributed by atoms with Gasteiger partial charge in [0, 0.05) is 24.4 Å². The van der Waals surface area contributed by atoms with Crippen molar-refractivity contribution in [3.05, 3.63) is 22.4 Å². The number of nitrogens with one attached hydrogen (secondary N) is 1. The Balaban J connectivity index is 1.70. The minimum atomic E-state index is 0.328. The van der Waals surface area contributed by atoms with Gasteiger partial charge in [0.05, 0.1) is 0 Å². The molecule has 1 aliphatic rings. The number of amides is 1. The van der Waals surface area contributed by atoms with Gasteiger partial charge >= 0.3 is 0 Å². The van der Waals surface area contributed by atoms with Gasteiger partial charge in [-0.1, -0.05) is 6.07 Å². The van der Waals surface area contributed by atoms with Crippen LogP contribution in [-0.2, 0) is 11.2 Å². The van der Waals surface area contributed by atoms with Crippen LogP contribution >= 0.6 is 11.3 Å². The minimum Gasteiger partial charge on any atom is -0.343 e. The second-order valence-electron chi connectivity index (χ2n) is 5.58. The van der Waals surface area contributed by atoms with Crippen LogP contribution in [0.1, 0.15) is 37.5 Å². The van der Waals surface area contributed by atoms with Gasteiger partial charge in [-0.05, 0) is 63.1 Å². The molecular weight excluding hydrogens is 268 g/mol. The summed E-state index contributed by atoms with van der Waals surface area (Å²) in [6, 6.07) is 4.23. The van der Waals surface area contributed by atoms with E-state index in [2.05, 4.69) is 29.8 Å².